The first-order valence-electron chi connectivity index (χ1n) is 11.9. The van der Waals surface area contributed by atoms with Gasteiger partial charge in [0.2, 0.25) is 0 Å². The minimum absolute atomic E-state index is 0.135. The Morgan fingerprint density at radius 2 is 1.94 bits per heavy atom. The number of carbonyl (C=O) groups excluding carboxylic acids is 1. The van der Waals surface area contributed by atoms with Crippen LogP contribution in [0, 0.1) is 0 Å². The molecule has 35 heavy (non-hydrogen) atoms. The number of piperazine rings is 1. The number of rotatable bonds is 6. The normalized spacial score (nSPS) is 17.9. The number of allylic oxidation sites excluding steroid dienone is 3. The SMILES string of the molecule is C=C/C=C(\C(=C)OC)n1c(CN2CCN(C(=O)OC(C)(C)C)CC23CC3)nc2ccccc2c1=O. The number of para-hydroxylation sites is 1. The zero-order valence-electron chi connectivity index (χ0n) is 21.0. The summed E-state index contributed by atoms with van der Waals surface area (Å²) in [5.41, 5.74) is 0.284. The maximum atomic E-state index is 13.6. The van der Waals surface area contributed by atoms with Gasteiger partial charge in [-0.25, -0.2) is 9.78 Å². The smallest absolute Gasteiger partial charge is 0.410 e. The summed E-state index contributed by atoms with van der Waals surface area (Å²) in [6, 6.07) is 7.32. The summed E-state index contributed by atoms with van der Waals surface area (Å²) in [6.45, 7) is 15.7. The van der Waals surface area contributed by atoms with Crippen molar-refractivity contribution in [3.8, 4) is 0 Å². The summed E-state index contributed by atoms with van der Waals surface area (Å²) < 4.78 is 12.6. The van der Waals surface area contributed by atoms with E-state index in [0.29, 0.717) is 54.4 Å². The Morgan fingerprint density at radius 3 is 2.57 bits per heavy atom. The first kappa shape index (κ1) is 24.7. The molecular formula is C27H34N4O4. The molecule has 186 valence electrons. The Morgan fingerprint density at radius 1 is 1.23 bits per heavy atom. The lowest BCUT2D eigenvalue weighted by molar-refractivity contribution is -0.00298. The minimum Gasteiger partial charge on any atom is -0.495 e. The number of fused-ring (bicyclic) bond motifs is 1. The average Bonchev–Trinajstić information content (AvgIpc) is 3.58. The third-order valence-electron chi connectivity index (χ3n) is 6.50. The van der Waals surface area contributed by atoms with E-state index in [1.54, 1.807) is 27.7 Å². The fourth-order valence-electron chi connectivity index (χ4n) is 4.57. The molecule has 8 heteroatoms. The van der Waals surface area contributed by atoms with E-state index in [0.717, 1.165) is 12.8 Å². The van der Waals surface area contributed by atoms with E-state index in [1.165, 1.54) is 7.11 Å². The summed E-state index contributed by atoms with van der Waals surface area (Å²) in [5.74, 6) is 0.943. The number of carbonyl (C=O) groups is 1. The molecule has 0 N–H and O–H groups in total. The van der Waals surface area contributed by atoms with Crippen molar-refractivity contribution in [2.75, 3.05) is 26.7 Å². The van der Waals surface area contributed by atoms with Crippen LogP contribution in [0.1, 0.15) is 39.4 Å². The number of hydrogen-bond donors (Lipinski definition) is 0. The highest BCUT2D eigenvalue weighted by Gasteiger charge is 2.52. The molecule has 1 amide bonds. The number of ether oxygens (including phenoxy) is 2. The van der Waals surface area contributed by atoms with E-state index in [-0.39, 0.29) is 17.2 Å². The van der Waals surface area contributed by atoms with Crippen molar-refractivity contribution in [2.24, 2.45) is 0 Å². The van der Waals surface area contributed by atoms with Gasteiger partial charge in [0.25, 0.3) is 5.56 Å². The predicted octanol–water partition coefficient (Wildman–Crippen LogP) is 4.17. The quantitative estimate of drug-likeness (QED) is 0.458. The van der Waals surface area contributed by atoms with Crippen LogP contribution in [0.3, 0.4) is 0 Å². The average molecular weight is 479 g/mol. The van der Waals surface area contributed by atoms with Crippen molar-refractivity contribution in [2.45, 2.75) is 51.3 Å². The largest absolute Gasteiger partial charge is 0.495 e. The van der Waals surface area contributed by atoms with Crippen molar-refractivity contribution in [1.29, 1.82) is 0 Å². The van der Waals surface area contributed by atoms with Crippen LogP contribution in [0.2, 0.25) is 0 Å². The van der Waals surface area contributed by atoms with Gasteiger partial charge in [0.1, 0.15) is 17.2 Å². The van der Waals surface area contributed by atoms with Gasteiger partial charge in [-0.15, -0.1) is 0 Å². The number of nitrogens with zero attached hydrogens (tertiary/aromatic N) is 4. The molecule has 1 saturated heterocycles. The molecule has 1 aliphatic heterocycles. The van der Waals surface area contributed by atoms with E-state index >= 15 is 0 Å². The maximum absolute atomic E-state index is 13.6. The van der Waals surface area contributed by atoms with Crippen LogP contribution in [0.5, 0.6) is 0 Å². The molecular weight excluding hydrogens is 444 g/mol. The zero-order chi connectivity index (χ0) is 25.4. The summed E-state index contributed by atoms with van der Waals surface area (Å²) in [6.07, 6.45) is 4.99. The fraction of sp³-hybridized carbons (Fsp3) is 0.444. The standard InChI is InChI=1S/C27H34N4O4/c1-7-10-22(19(2)34-6)31-23(28-21-12-9-8-11-20(21)24(31)32)17-30-16-15-29(18-27(30)13-14-27)25(33)35-26(3,4)5/h7-12H,1-2,13-18H2,3-6H3/b22-10+. The van der Waals surface area contributed by atoms with Crippen molar-refractivity contribution >= 4 is 22.7 Å². The van der Waals surface area contributed by atoms with Gasteiger partial charge in [-0.2, -0.15) is 0 Å². The second-order valence-corrected chi connectivity index (χ2v) is 10.1. The van der Waals surface area contributed by atoms with E-state index in [2.05, 4.69) is 18.1 Å². The highest BCUT2D eigenvalue weighted by Crippen LogP contribution is 2.45. The molecule has 0 radical (unpaired) electrons. The van der Waals surface area contributed by atoms with Gasteiger partial charge in [0.15, 0.2) is 0 Å². The highest BCUT2D eigenvalue weighted by atomic mass is 16.6. The molecule has 1 aromatic carbocycles. The first-order valence-corrected chi connectivity index (χ1v) is 11.9. The number of hydrogen-bond acceptors (Lipinski definition) is 6. The van der Waals surface area contributed by atoms with Gasteiger partial charge in [-0.1, -0.05) is 31.4 Å². The van der Waals surface area contributed by atoms with Crippen LogP contribution in [0.25, 0.3) is 16.6 Å². The number of methoxy groups -OCH3 is 1. The van der Waals surface area contributed by atoms with Crippen LogP contribution in [0.4, 0.5) is 4.79 Å². The molecule has 8 nitrogen and oxygen atoms in total. The number of benzene rings is 1. The molecule has 1 aromatic heterocycles. The predicted molar refractivity (Wildman–Crippen MR) is 137 cm³/mol. The van der Waals surface area contributed by atoms with Gasteiger partial charge in [-0.05, 0) is 51.8 Å². The van der Waals surface area contributed by atoms with E-state index in [9.17, 15) is 9.59 Å². The van der Waals surface area contributed by atoms with Crippen molar-refractivity contribution in [3.63, 3.8) is 0 Å². The molecule has 0 bridgehead atoms. The van der Waals surface area contributed by atoms with Crippen LogP contribution in [0.15, 0.2) is 60.1 Å². The minimum atomic E-state index is -0.534. The molecule has 2 aromatic rings. The second kappa shape index (κ2) is 9.34. The third kappa shape index (κ3) is 5.03. The molecule has 2 aliphatic rings. The van der Waals surface area contributed by atoms with Crippen molar-refractivity contribution < 1.29 is 14.3 Å². The lowest BCUT2D eigenvalue weighted by Crippen LogP contribution is -2.57. The molecule has 1 spiro atoms. The zero-order valence-corrected chi connectivity index (χ0v) is 21.0. The molecule has 0 unspecified atom stereocenters. The van der Waals surface area contributed by atoms with E-state index in [4.69, 9.17) is 14.5 Å². The summed E-state index contributed by atoms with van der Waals surface area (Å²) >= 11 is 0. The molecule has 2 fully saturated rings. The summed E-state index contributed by atoms with van der Waals surface area (Å²) in [7, 11) is 1.52. The van der Waals surface area contributed by atoms with Gasteiger partial charge in [0.05, 0.1) is 30.3 Å². The van der Waals surface area contributed by atoms with E-state index in [1.807, 2.05) is 39.0 Å². The van der Waals surface area contributed by atoms with Crippen molar-refractivity contribution in [1.82, 2.24) is 19.4 Å². The topological polar surface area (TPSA) is 76.9 Å². The van der Waals surface area contributed by atoms with Gasteiger partial charge < -0.3 is 14.4 Å². The van der Waals surface area contributed by atoms with Crippen LogP contribution in [-0.4, -0.2) is 63.3 Å². The van der Waals surface area contributed by atoms with Crippen LogP contribution >= 0.6 is 0 Å². The lowest BCUT2D eigenvalue weighted by Gasteiger charge is -2.42. The number of aromatic nitrogens is 2. The number of amides is 1. The Kier molecular flexibility index (Phi) is 6.60. The third-order valence-corrected chi connectivity index (χ3v) is 6.50. The van der Waals surface area contributed by atoms with Crippen LogP contribution in [-0.2, 0) is 16.0 Å². The molecule has 4 rings (SSSR count). The molecule has 1 saturated carbocycles. The van der Waals surface area contributed by atoms with Crippen molar-refractivity contribution in [3.05, 3.63) is 71.5 Å². The second-order valence-electron chi connectivity index (χ2n) is 10.1. The lowest BCUT2D eigenvalue weighted by atomic mass is 10.1. The molecule has 2 heterocycles. The Hall–Kier alpha value is -3.39. The Labute approximate surface area is 206 Å². The summed E-state index contributed by atoms with van der Waals surface area (Å²) in [5, 5.41) is 0.519. The first-order chi connectivity index (χ1) is 16.6. The fourth-order valence-corrected chi connectivity index (χ4v) is 4.57. The van der Waals surface area contributed by atoms with Gasteiger partial charge in [-0.3, -0.25) is 14.3 Å². The van der Waals surface area contributed by atoms with E-state index < -0.39 is 5.60 Å². The highest BCUT2D eigenvalue weighted by molar-refractivity contribution is 5.79. The molecule has 0 atom stereocenters. The van der Waals surface area contributed by atoms with Crippen LogP contribution < -0.4 is 5.56 Å². The summed E-state index contributed by atoms with van der Waals surface area (Å²) in [4.78, 5) is 35.4. The monoisotopic (exact) mass is 478 g/mol. The Balaban J connectivity index is 1.70. The molecule has 1 aliphatic carbocycles. The Bertz CT molecular complexity index is 1250. The van der Waals surface area contributed by atoms with Gasteiger partial charge >= 0.3 is 6.09 Å². The maximum Gasteiger partial charge on any atom is 0.410 e. The van der Waals surface area contributed by atoms with Gasteiger partial charge in [0, 0.05) is 25.2 Å².